The van der Waals surface area contributed by atoms with E-state index < -0.39 is 11.4 Å². The second-order valence-corrected chi connectivity index (χ2v) is 7.29. The highest BCUT2D eigenvalue weighted by molar-refractivity contribution is 14.1. The summed E-state index contributed by atoms with van der Waals surface area (Å²) in [5.74, 6) is 0.664. The first-order valence-electron chi connectivity index (χ1n) is 7.84. The molecule has 4 rings (SSSR count). The van der Waals surface area contributed by atoms with Crippen molar-refractivity contribution < 1.29 is 23.8 Å². The van der Waals surface area contributed by atoms with Crippen molar-refractivity contribution in [3.8, 4) is 11.5 Å². The lowest BCUT2D eigenvalue weighted by Gasteiger charge is -2.26. The Morgan fingerprint density at radius 2 is 1.96 bits per heavy atom. The van der Waals surface area contributed by atoms with Gasteiger partial charge in [0.05, 0.1) is 7.11 Å². The number of hydrogen-bond acceptors (Lipinski definition) is 5. The third-order valence-electron chi connectivity index (χ3n) is 4.84. The molecule has 1 heterocycles. The quantitative estimate of drug-likeness (QED) is 0.409. The minimum atomic E-state index is -1.31. The van der Waals surface area contributed by atoms with Crippen LogP contribution in [-0.2, 0) is 32.6 Å². The number of methoxy groups -OCH3 is 1. The van der Waals surface area contributed by atoms with Crippen molar-refractivity contribution in [2.75, 3.05) is 13.9 Å². The first-order chi connectivity index (χ1) is 12.1. The maximum absolute atomic E-state index is 12.9. The van der Waals surface area contributed by atoms with Crippen LogP contribution < -0.4 is 9.47 Å². The molecule has 0 bridgehead atoms. The Kier molecular flexibility index (Phi) is 3.94. The molecule has 0 radical (unpaired) electrons. The standard InChI is InChI=1S/C19H15IO5/c1-23-18(22)19(13-5-3-2-4-11(13)7-17(19)21)9-12-6-15-16(8-14(12)20)25-10-24-15/h2-6,8H,7,9-10H2,1H3. The third kappa shape index (κ3) is 2.42. The molecular weight excluding hydrogens is 435 g/mol. The molecule has 2 aromatic rings. The summed E-state index contributed by atoms with van der Waals surface area (Å²) in [5.41, 5.74) is 1.17. The van der Waals surface area contributed by atoms with Gasteiger partial charge >= 0.3 is 5.97 Å². The zero-order chi connectivity index (χ0) is 17.6. The maximum atomic E-state index is 12.9. The van der Waals surface area contributed by atoms with Crippen LogP contribution in [-0.4, -0.2) is 25.7 Å². The van der Waals surface area contributed by atoms with Crippen LogP contribution in [0.2, 0.25) is 0 Å². The number of hydrogen-bond donors (Lipinski definition) is 0. The maximum Gasteiger partial charge on any atom is 0.324 e. The fourth-order valence-corrected chi connectivity index (χ4v) is 4.24. The van der Waals surface area contributed by atoms with E-state index in [4.69, 9.17) is 14.2 Å². The smallest absolute Gasteiger partial charge is 0.324 e. The fourth-order valence-electron chi connectivity index (χ4n) is 3.61. The van der Waals surface area contributed by atoms with Crippen molar-refractivity contribution >= 4 is 34.3 Å². The molecule has 2 aliphatic rings. The summed E-state index contributed by atoms with van der Waals surface area (Å²) in [4.78, 5) is 25.7. The van der Waals surface area contributed by atoms with Gasteiger partial charge in [0.25, 0.3) is 0 Å². The van der Waals surface area contributed by atoms with E-state index in [2.05, 4.69) is 22.6 Å². The normalized spacial score (nSPS) is 20.5. The molecule has 0 fully saturated rings. The van der Waals surface area contributed by atoms with Crippen molar-refractivity contribution in [1.82, 2.24) is 0 Å². The zero-order valence-electron chi connectivity index (χ0n) is 13.5. The number of carbonyl (C=O) groups excluding carboxylic acids is 2. The number of benzene rings is 2. The summed E-state index contributed by atoms with van der Waals surface area (Å²) >= 11 is 2.19. The highest BCUT2D eigenvalue weighted by Gasteiger charge is 2.53. The molecule has 0 amide bonds. The Morgan fingerprint density at radius 1 is 1.24 bits per heavy atom. The van der Waals surface area contributed by atoms with Crippen LogP contribution in [0.15, 0.2) is 36.4 Å². The van der Waals surface area contributed by atoms with Crippen molar-refractivity contribution in [3.63, 3.8) is 0 Å². The summed E-state index contributed by atoms with van der Waals surface area (Å²) in [6.07, 6.45) is 0.483. The molecule has 1 atom stereocenters. The Balaban J connectivity index is 1.85. The molecule has 25 heavy (non-hydrogen) atoms. The largest absolute Gasteiger partial charge is 0.468 e. The lowest BCUT2D eigenvalue weighted by atomic mass is 9.75. The minimum Gasteiger partial charge on any atom is -0.468 e. The van der Waals surface area contributed by atoms with Crippen LogP contribution in [0, 0.1) is 3.57 Å². The van der Waals surface area contributed by atoms with Crippen LogP contribution in [0.3, 0.4) is 0 Å². The predicted octanol–water partition coefficient (Wildman–Crippen LogP) is 2.80. The number of rotatable bonds is 3. The Bertz CT molecular complexity index is 881. The van der Waals surface area contributed by atoms with Crippen molar-refractivity contribution in [1.29, 1.82) is 0 Å². The monoisotopic (exact) mass is 450 g/mol. The number of ketones is 1. The van der Waals surface area contributed by atoms with E-state index in [1.54, 1.807) is 0 Å². The van der Waals surface area contributed by atoms with E-state index in [1.807, 2.05) is 36.4 Å². The topological polar surface area (TPSA) is 61.8 Å². The second kappa shape index (κ2) is 6.01. The van der Waals surface area contributed by atoms with E-state index in [1.165, 1.54) is 7.11 Å². The average molecular weight is 450 g/mol. The lowest BCUT2D eigenvalue weighted by molar-refractivity contribution is -0.151. The van der Waals surface area contributed by atoms with Gasteiger partial charge in [0.2, 0.25) is 6.79 Å². The molecule has 5 nitrogen and oxygen atoms in total. The molecule has 128 valence electrons. The van der Waals surface area contributed by atoms with Gasteiger partial charge in [0.15, 0.2) is 22.7 Å². The van der Waals surface area contributed by atoms with Gasteiger partial charge in [-0.2, -0.15) is 0 Å². The zero-order valence-corrected chi connectivity index (χ0v) is 15.7. The number of fused-ring (bicyclic) bond motifs is 2. The van der Waals surface area contributed by atoms with Gasteiger partial charge in [-0.25, -0.2) is 0 Å². The van der Waals surface area contributed by atoms with Crippen LogP contribution >= 0.6 is 22.6 Å². The summed E-state index contributed by atoms with van der Waals surface area (Å²) in [6.45, 7) is 0.179. The van der Waals surface area contributed by atoms with Gasteiger partial charge in [0.1, 0.15) is 0 Å². The number of halogens is 1. The summed E-state index contributed by atoms with van der Waals surface area (Å²) in [6, 6.07) is 11.2. The van der Waals surface area contributed by atoms with Crippen molar-refractivity contribution in [2.24, 2.45) is 0 Å². The molecule has 0 N–H and O–H groups in total. The highest BCUT2D eigenvalue weighted by Crippen LogP contribution is 2.43. The van der Waals surface area contributed by atoms with E-state index in [0.29, 0.717) is 11.5 Å². The summed E-state index contributed by atoms with van der Waals surface area (Å²) < 4.78 is 16.8. The van der Waals surface area contributed by atoms with E-state index in [0.717, 1.165) is 20.3 Å². The van der Waals surface area contributed by atoms with Gasteiger partial charge < -0.3 is 14.2 Å². The first-order valence-corrected chi connectivity index (χ1v) is 8.92. The number of Topliss-reactive ketones (excluding diaryl/α,β-unsaturated/α-hetero) is 1. The van der Waals surface area contributed by atoms with E-state index >= 15 is 0 Å². The Labute approximate surface area is 158 Å². The van der Waals surface area contributed by atoms with Gasteiger partial charge in [-0.05, 0) is 51.4 Å². The fraction of sp³-hybridized carbons (Fsp3) is 0.263. The second-order valence-electron chi connectivity index (χ2n) is 6.13. The van der Waals surface area contributed by atoms with Gasteiger partial charge in [-0.1, -0.05) is 24.3 Å². The number of esters is 1. The Morgan fingerprint density at radius 3 is 2.72 bits per heavy atom. The molecule has 1 aliphatic carbocycles. The van der Waals surface area contributed by atoms with Crippen LogP contribution in [0.5, 0.6) is 11.5 Å². The minimum absolute atomic E-state index is 0.131. The molecule has 0 spiro atoms. The van der Waals surface area contributed by atoms with Crippen molar-refractivity contribution in [3.05, 3.63) is 56.7 Å². The molecule has 6 heteroatoms. The van der Waals surface area contributed by atoms with Gasteiger partial charge in [-0.3, -0.25) is 9.59 Å². The summed E-state index contributed by atoms with van der Waals surface area (Å²) in [7, 11) is 1.32. The molecule has 1 unspecified atom stereocenters. The average Bonchev–Trinajstić information content (AvgIpc) is 3.17. The molecule has 0 saturated carbocycles. The van der Waals surface area contributed by atoms with Crippen LogP contribution in [0.1, 0.15) is 16.7 Å². The molecule has 0 aromatic heterocycles. The predicted molar refractivity (Wildman–Crippen MR) is 97.8 cm³/mol. The van der Waals surface area contributed by atoms with Gasteiger partial charge in [-0.15, -0.1) is 0 Å². The molecule has 2 aromatic carbocycles. The molecule has 1 aliphatic heterocycles. The van der Waals surface area contributed by atoms with Crippen LogP contribution in [0.4, 0.5) is 0 Å². The molecule has 0 saturated heterocycles. The Hall–Kier alpha value is -2.09. The van der Waals surface area contributed by atoms with E-state index in [9.17, 15) is 9.59 Å². The molecular formula is C19H15IO5. The third-order valence-corrected chi connectivity index (χ3v) is 5.84. The lowest BCUT2D eigenvalue weighted by Crippen LogP contribution is -2.44. The number of ether oxygens (including phenoxy) is 3. The summed E-state index contributed by atoms with van der Waals surface area (Å²) in [5, 5.41) is 0. The highest BCUT2D eigenvalue weighted by atomic mass is 127. The van der Waals surface area contributed by atoms with Gasteiger partial charge in [0, 0.05) is 16.4 Å². The number of carbonyl (C=O) groups is 2. The van der Waals surface area contributed by atoms with E-state index in [-0.39, 0.29) is 25.4 Å². The first kappa shape index (κ1) is 16.4. The van der Waals surface area contributed by atoms with Crippen molar-refractivity contribution in [2.45, 2.75) is 18.3 Å². The SMILES string of the molecule is COC(=O)C1(Cc2cc3c(cc2I)OCO3)C(=O)Cc2ccccc21. The van der Waals surface area contributed by atoms with Crippen LogP contribution in [0.25, 0.3) is 0 Å².